The maximum atomic E-state index is 4.60. The minimum atomic E-state index is 0.796. The van der Waals surface area contributed by atoms with Crippen LogP contribution in [0.2, 0.25) is 0 Å². The van der Waals surface area contributed by atoms with Crippen LogP contribution in [0.15, 0.2) is 11.0 Å². The highest BCUT2D eigenvalue weighted by Crippen LogP contribution is 2.31. The van der Waals surface area contributed by atoms with Gasteiger partial charge >= 0.3 is 0 Å². The fourth-order valence-corrected chi connectivity index (χ4v) is 3.69. The van der Waals surface area contributed by atoms with Gasteiger partial charge in [0.25, 0.3) is 0 Å². The third-order valence-corrected chi connectivity index (χ3v) is 5.16. The standard InChI is InChI=1S/C16H24N2S/c1-12-11-19-16(18-12)9-14(10-17-15-7-8-15)13-5-3-2-4-6-13/h9,11,13,15,17H,2-8,10H2,1H3/b14-9-. The molecule has 1 aromatic rings. The third kappa shape index (κ3) is 3.90. The summed E-state index contributed by atoms with van der Waals surface area (Å²) < 4.78 is 0. The van der Waals surface area contributed by atoms with Crippen molar-refractivity contribution in [2.24, 2.45) is 5.92 Å². The van der Waals surface area contributed by atoms with Crippen molar-refractivity contribution < 1.29 is 0 Å². The fraction of sp³-hybridized carbons (Fsp3) is 0.688. The van der Waals surface area contributed by atoms with E-state index in [1.54, 1.807) is 16.9 Å². The Hall–Kier alpha value is -0.670. The maximum Gasteiger partial charge on any atom is 0.116 e. The maximum absolute atomic E-state index is 4.60. The van der Waals surface area contributed by atoms with Gasteiger partial charge in [0.15, 0.2) is 0 Å². The molecule has 0 amide bonds. The Morgan fingerprint density at radius 2 is 2.11 bits per heavy atom. The van der Waals surface area contributed by atoms with Gasteiger partial charge in [-0.15, -0.1) is 11.3 Å². The average molecular weight is 276 g/mol. The first-order valence-corrected chi connectivity index (χ1v) is 8.55. The zero-order chi connectivity index (χ0) is 13.1. The summed E-state index contributed by atoms with van der Waals surface area (Å²) >= 11 is 1.78. The first-order valence-electron chi connectivity index (χ1n) is 7.67. The van der Waals surface area contributed by atoms with Crippen molar-refractivity contribution >= 4 is 17.4 Å². The molecule has 0 aromatic carbocycles. The number of aromatic nitrogens is 1. The van der Waals surface area contributed by atoms with Crippen molar-refractivity contribution in [3.63, 3.8) is 0 Å². The molecule has 0 atom stereocenters. The molecule has 19 heavy (non-hydrogen) atoms. The van der Waals surface area contributed by atoms with Crippen LogP contribution in [0.4, 0.5) is 0 Å². The Kier molecular flexibility index (Phi) is 4.34. The molecule has 2 aliphatic rings. The molecule has 2 saturated carbocycles. The van der Waals surface area contributed by atoms with Crippen LogP contribution in [0.3, 0.4) is 0 Å². The van der Waals surface area contributed by atoms with Crippen LogP contribution >= 0.6 is 11.3 Å². The van der Waals surface area contributed by atoms with Crippen LogP contribution in [0.5, 0.6) is 0 Å². The second-order valence-corrected chi connectivity index (χ2v) is 6.93. The summed E-state index contributed by atoms with van der Waals surface area (Å²) in [4.78, 5) is 4.60. The van der Waals surface area contributed by atoms with Gasteiger partial charge in [-0.2, -0.15) is 0 Å². The monoisotopic (exact) mass is 276 g/mol. The lowest BCUT2D eigenvalue weighted by Gasteiger charge is -2.25. The van der Waals surface area contributed by atoms with Crippen LogP contribution in [-0.4, -0.2) is 17.6 Å². The van der Waals surface area contributed by atoms with Crippen molar-refractivity contribution in [2.45, 2.75) is 57.9 Å². The smallest absolute Gasteiger partial charge is 0.116 e. The average Bonchev–Trinajstić information content (AvgIpc) is 3.18. The molecule has 0 spiro atoms. The van der Waals surface area contributed by atoms with Crippen LogP contribution in [-0.2, 0) is 0 Å². The number of nitrogens with zero attached hydrogens (tertiary/aromatic N) is 1. The van der Waals surface area contributed by atoms with Crippen molar-refractivity contribution in [1.29, 1.82) is 0 Å². The molecule has 1 heterocycles. The SMILES string of the molecule is Cc1csc(/C=C(/CNC2CC2)C2CCCCC2)n1. The number of hydrogen-bond donors (Lipinski definition) is 1. The zero-order valence-electron chi connectivity index (χ0n) is 11.8. The Labute approximate surface area is 120 Å². The molecule has 0 radical (unpaired) electrons. The highest BCUT2D eigenvalue weighted by molar-refractivity contribution is 7.10. The van der Waals surface area contributed by atoms with E-state index in [4.69, 9.17) is 0 Å². The number of nitrogens with one attached hydrogen (secondary N) is 1. The highest BCUT2D eigenvalue weighted by atomic mass is 32.1. The molecular formula is C16H24N2S. The van der Waals surface area contributed by atoms with Crippen molar-refractivity contribution in [3.05, 3.63) is 21.7 Å². The van der Waals surface area contributed by atoms with Crippen LogP contribution in [0, 0.1) is 12.8 Å². The summed E-state index contributed by atoms with van der Waals surface area (Å²) in [6.45, 7) is 3.16. The Bertz CT molecular complexity index is 439. The van der Waals surface area contributed by atoms with Gasteiger partial charge in [0.2, 0.25) is 0 Å². The number of aryl methyl sites for hydroxylation is 1. The lowest BCUT2D eigenvalue weighted by molar-refractivity contribution is 0.396. The highest BCUT2D eigenvalue weighted by Gasteiger charge is 2.23. The van der Waals surface area contributed by atoms with E-state index in [0.717, 1.165) is 24.2 Å². The van der Waals surface area contributed by atoms with E-state index in [1.807, 2.05) is 0 Å². The minimum Gasteiger partial charge on any atom is -0.310 e. The van der Waals surface area contributed by atoms with E-state index in [1.165, 1.54) is 50.0 Å². The Morgan fingerprint density at radius 1 is 1.32 bits per heavy atom. The summed E-state index contributed by atoms with van der Waals surface area (Å²) in [5.74, 6) is 0.796. The summed E-state index contributed by atoms with van der Waals surface area (Å²) in [5, 5.41) is 7.03. The van der Waals surface area contributed by atoms with E-state index in [2.05, 4.69) is 28.7 Å². The summed E-state index contributed by atoms with van der Waals surface area (Å²) in [7, 11) is 0. The molecule has 1 N–H and O–H groups in total. The minimum absolute atomic E-state index is 0.796. The van der Waals surface area contributed by atoms with Gasteiger partial charge in [-0.05, 0) is 44.6 Å². The number of rotatable bonds is 5. The second kappa shape index (κ2) is 6.19. The van der Waals surface area contributed by atoms with Crippen molar-refractivity contribution in [1.82, 2.24) is 10.3 Å². The molecule has 0 bridgehead atoms. The van der Waals surface area contributed by atoms with Gasteiger partial charge in [-0.1, -0.05) is 24.8 Å². The van der Waals surface area contributed by atoms with E-state index in [0.29, 0.717) is 0 Å². The molecule has 3 rings (SSSR count). The molecule has 2 nitrogen and oxygen atoms in total. The normalized spacial score (nSPS) is 21.8. The van der Waals surface area contributed by atoms with E-state index < -0.39 is 0 Å². The molecule has 2 fully saturated rings. The number of thiazole rings is 1. The predicted octanol–water partition coefficient (Wildman–Crippen LogP) is 4.17. The molecule has 104 valence electrons. The Morgan fingerprint density at radius 3 is 2.74 bits per heavy atom. The lowest BCUT2D eigenvalue weighted by atomic mass is 9.83. The number of hydrogen-bond acceptors (Lipinski definition) is 3. The summed E-state index contributed by atoms with van der Waals surface area (Å²) in [5.41, 5.74) is 2.75. The first-order chi connectivity index (χ1) is 9.31. The molecule has 3 heteroatoms. The van der Waals surface area contributed by atoms with Gasteiger partial charge in [0.05, 0.1) is 0 Å². The van der Waals surface area contributed by atoms with Crippen LogP contribution < -0.4 is 5.32 Å². The van der Waals surface area contributed by atoms with Crippen LogP contribution in [0.25, 0.3) is 6.08 Å². The molecule has 1 aromatic heterocycles. The second-order valence-electron chi connectivity index (χ2n) is 6.04. The molecule has 0 saturated heterocycles. The van der Waals surface area contributed by atoms with Crippen molar-refractivity contribution in [3.8, 4) is 0 Å². The molecular weight excluding hydrogens is 252 g/mol. The quantitative estimate of drug-likeness (QED) is 0.873. The lowest BCUT2D eigenvalue weighted by Crippen LogP contribution is -2.23. The van der Waals surface area contributed by atoms with Crippen molar-refractivity contribution in [2.75, 3.05) is 6.54 Å². The van der Waals surface area contributed by atoms with Gasteiger partial charge in [-0.3, -0.25) is 0 Å². The molecule has 2 aliphatic carbocycles. The summed E-state index contributed by atoms with van der Waals surface area (Å²) in [6, 6.07) is 0.796. The zero-order valence-corrected chi connectivity index (χ0v) is 12.6. The van der Waals surface area contributed by atoms with Gasteiger partial charge in [0.1, 0.15) is 5.01 Å². The third-order valence-electron chi connectivity index (χ3n) is 4.25. The van der Waals surface area contributed by atoms with Gasteiger partial charge in [0, 0.05) is 23.7 Å². The summed E-state index contributed by atoms with van der Waals surface area (Å²) in [6.07, 6.45) is 12.1. The van der Waals surface area contributed by atoms with E-state index in [9.17, 15) is 0 Å². The molecule has 0 unspecified atom stereocenters. The van der Waals surface area contributed by atoms with E-state index in [-0.39, 0.29) is 0 Å². The molecule has 0 aliphatic heterocycles. The first kappa shape index (κ1) is 13.3. The predicted molar refractivity (Wildman–Crippen MR) is 82.4 cm³/mol. The van der Waals surface area contributed by atoms with Gasteiger partial charge < -0.3 is 5.32 Å². The van der Waals surface area contributed by atoms with Gasteiger partial charge in [-0.25, -0.2) is 4.98 Å². The van der Waals surface area contributed by atoms with Crippen LogP contribution in [0.1, 0.15) is 55.6 Å². The Balaban J connectivity index is 1.71. The van der Waals surface area contributed by atoms with E-state index >= 15 is 0 Å². The topological polar surface area (TPSA) is 24.9 Å². The largest absolute Gasteiger partial charge is 0.310 e. The fourth-order valence-electron chi connectivity index (χ4n) is 2.93.